The lowest BCUT2D eigenvalue weighted by atomic mass is 10.2. The van der Waals surface area contributed by atoms with E-state index in [0.717, 1.165) is 3.57 Å². The molecule has 0 aliphatic heterocycles. The van der Waals surface area contributed by atoms with E-state index in [1.54, 1.807) is 48.3 Å². The molecular weight excluding hydrogens is 371 g/mol. The fraction of sp³-hybridized carbons (Fsp3) is 0.154. The quantitative estimate of drug-likeness (QED) is 0.788. The Morgan fingerprint density at radius 3 is 2.80 bits per heavy atom. The minimum Gasteiger partial charge on any atom is -0.366 e. The summed E-state index contributed by atoms with van der Waals surface area (Å²) in [5.74, 6) is -0.748. The Morgan fingerprint density at radius 2 is 2.20 bits per heavy atom. The Balaban J connectivity index is 2.11. The normalized spacial score (nSPS) is 11.9. The van der Waals surface area contributed by atoms with Crippen LogP contribution in [-0.2, 0) is 4.79 Å². The van der Waals surface area contributed by atoms with Crippen molar-refractivity contribution >= 4 is 40.1 Å². The molecule has 0 saturated heterocycles. The number of carbonyl (C=O) groups excluding carboxylic acids is 2. The minimum atomic E-state index is -0.532. The van der Waals surface area contributed by atoms with Crippen LogP contribution in [0, 0.1) is 3.57 Å². The number of halogens is 1. The highest BCUT2D eigenvalue weighted by Gasteiger charge is 2.16. The van der Waals surface area contributed by atoms with Crippen LogP contribution in [-0.4, -0.2) is 21.6 Å². The van der Waals surface area contributed by atoms with E-state index in [0.29, 0.717) is 11.3 Å². The monoisotopic (exact) mass is 384 g/mol. The van der Waals surface area contributed by atoms with Gasteiger partial charge in [-0.25, -0.2) is 0 Å². The van der Waals surface area contributed by atoms with Gasteiger partial charge in [-0.1, -0.05) is 6.07 Å². The van der Waals surface area contributed by atoms with E-state index >= 15 is 0 Å². The number of aromatic nitrogens is 2. The zero-order valence-corrected chi connectivity index (χ0v) is 12.9. The van der Waals surface area contributed by atoms with E-state index in [1.165, 1.54) is 0 Å². The maximum atomic E-state index is 12.1. The Morgan fingerprint density at radius 1 is 1.45 bits per heavy atom. The van der Waals surface area contributed by atoms with Crippen LogP contribution in [0.5, 0.6) is 0 Å². The first-order valence-corrected chi connectivity index (χ1v) is 6.95. The standard InChI is InChI=1S/C13H13IN4O2/c1-8(18-7-10(14)6-16-18)13(20)17-11-4-2-3-9(5-11)12(15)19/h2-8H,1H3,(H2,15,19)(H,17,20). The molecule has 0 saturated carbocycles. The summed E-state index contributed by atoms with van der Waals surface area (Å²) >= 11 is 2.13. The first-order chi connectivity index (χ1) is 9.47. The third-order valence-corrected chi connectivity index (χ3v) is 3.32. The van der Waals surface area contributed by atoms with Crippen LogP contribution in [0.1, 0.15) is 23.3 Å². The molecule has 1 unspecified atom stereocenters. The second-order valence-electron chi connectivity index (χ2n) is 4.25. The lowest BCUT2D eigenvalue weighted by molar-refractivity contribution is -0.119. The molecule has 6 nitrogen and oxygen atoms in total. The van der Waals surface area contributed by atoms with E-state index in [-0.39, 0.29) is 5.91 Å². The number of carbonyl (C=O) groups is 2. The van der Waals surface area contributed by atoms with E-state index < -0.39 is 11.9 Å². The molecule has 0 aliphatic rings. The number of anilines is 1. The first kappa shape index (κ1) is 14.5. The number of primary amides is 1. The molecule has 1 aromatic carbocycles. The summed E-state index contributed by atoms with van der Waals surface area (Å²) < 4.78 is 2.53. The van der Waals surface area contributed by atoms with Gasteiger partial charge in [-0.3, -0.25) is 14.3 Å². The highest BCUT2D eigenvalue weighted by atomic mass is 127. The van der Waals surface area contributed by atoms with E-state index in [9.17, 15) is 9.59 Å². The van der Waals surface area contributed by atoms with E-state index in [4.69, 9.17) is 5.73 Å². The number of nitrogens with two attached hydrogens (primary N) is 1. The third-order valence-electron chi connectivity index (χ3n) is 2.76. The number of nitrogens with zero attached hydrogens (tertiary/aromatic N) is 2. The van der Waals surface area contributed by atoms with Crippen LogP contribution < -0.4 is 11.1 Å². The van der Waals surface area contributed by atoms with E-state index in [2.05, 4.69) is 33.0 Å². The van der Waals surface area contributed by atoms with E-state index in [1.807, 2.05) is 0 Å². The van der Waals surface area contributed by atoms with Gasteiger partial charge in [0.25, 0.3) is 0 Å². The Kier molecular flexibility index (Phi) is 4.38. The van der Waals surface area contributed by atoms with Crippen molar-refractivity contribution < 1.29 is 9.59 Å². The molecule has 0 bridgehead atoms. The van der Waals surface area contributed by atoms with Gasteiger partial charge >= 0.3 is 0 Å². The second-order valence-corrected chi connectivity index (χ2v) is 5.49. The lowest BCUT2D eigenvalue weighted by Gasteiger charge is -2.13. The molecule has 3 N–H and O–H groups in total. The van der Waals surface area contributed by atoms with Crippen molar-refractivity contribution in [3.63, 3.8) is 0 Å². The summed E-state index contributed by atoms with van der Waals surface area (Å²) in [4.78, 5) is 23.2. The first-order valence-electron chi connectivity index (χ1n) is 5.88. The molecular formula is C13H13IN4O2. The fourth-order valence-corrected chi connectivity index (χ4v) is 2.05. The summed E-state index contributed by atoms with van der Waals surface area (Å²) in [5, 5.41) is 6.83. The summed E-state index contributed by atoms with van der Waals surface area (Å²) in [6.07, 6.45) is 3.46. The van der Waals surface area contributed by atoms with Gasteiger partial charge in [0, 0.05) is 17.4 Å². The summed E-state index contributed by atoms with van der Waals surface area (Å²) in [7, 11) is 0. The molecule has 0 aliphatic carbocycles. The molecule has 1 heterocycles. The number of benzene rings is 1. The zero-order chi connectivity index (χ0) is 14.7. The van der Waals surface area contributed by atoms with Gasteiger partial charge in [-0.15, -0.1) is 0 Å². The van der Waals surface area contributed by atoms with Crippen molar-refractivity contribution in [3.8, 4) is 0 Å². The van der Waals surface area contributed by atoms with Gasteiger partial charge < -0.3 is 11.1 Å². The number of hydrogen-bond acceptors (Lipinski definition) is 3. The molecule has 2 aromatic rings. The molecule has 2 rings (SSSR count). The number of nitrogens with one attached hydrogen (secondary N) is 1. The molecule has 1 aromatic heterocycles. The zero-order valence-electron chi connectivity index (χ0n) is 10.7. The highest BCUT2D eigenvalue weighted by Crippen LogP contribution is 2.14. The number of rotatable bonds is 4. The number of hydrogen-bond donors (Lipinski definition) is 2. The van der Waals surface area contributed by atoms with Crippen LogP contribution in [0.25, 0.3) is 0 Å². The van der Waals surface area contributed by atoms with Crippen LogP contribution in [0.15, 0.2) is 36.7 Å². The Labute approximate surface area is 129 Å². The third kappa shape index (κ3) is 3.35. The van der Waals surface area contributed by atoms with Crippen molar-refractivity contribution in [1.82, 2.24) is 9.78 Å². The molecule has 0 fully saturated rings. The minimum absolute atomic E-state index is 0.217. The molecule has 0 spiro atoms. The largest absolute Gasteiger partial charge is 0.366 e. The Bertz CT molecular complexity index is 653. The van der Waals surface area contributed by atoms with Gasteiger partial charge in [0.2, 0.25) is 11.8 Å². The fourth-order valence-electron chi connectivity index (χ4n) is 1.64. The van der Waals surface area contributed by atoms with Gasteiger partial charge in [0.1, 0.15) is 6.04 Å². The second kappa shape index (κ2) is 6.04. The van der Waals surface area contributed by atoms with Crippen molar-refractivity contribution in [2.45, 2.75) is 13.0 Å². The lowest BCUT2D eigenvalue weighted by Crippen LogP contribution is -2.24. The van der Waals surface area contributed by atoms with Crippen LogP contribution in [0.3, 0.4) is 0 Å². The van der Waals surface area contributed by atoms with Crippen LogP contribution in [0.2, 0.25) is 0 Å². The molecule has 7 heteroatoms. The maximum Gasteiger partial charge on any atom is 0.248 e. The van der Waals surface area contributed by atoms with Gasteiger partial charge in [-0.05, 0) is 47.7 Å². The molecule has 104 valence electrons. The van der Waals surface area contributed by atoms with Crippen LogP contribution in [0.4, 0.5) is 5.69 Å². The average Bonchev–Trinajstić information content (AvgIpc) is 2.84. The molecule has 2 amide bonds. The van der Waals surface area contributed by atoms with Gasteiger partial charge in [0.05, 0.1) is 9.77 Å². The maximum absolute atomic E-state index is 12.1. The van der Waals surface area contributed by atoms with Crippen molar-refractivity contribution in [1.29, 1.82) is 0 Å². The van der Waals surface area contributed by atoms with Crippen molar-refractivity contribution in [3.05, 3.63) is 45.8 Å². The average molecular weight is 384 g/mol. The highest BCUT2D eigenvalue weighted by molar-refractivity contribution is 14.1. The van der Waals surface area contributed by atoms with Crippen molar-refractivity contribution in [2.75, 3.05) is 5.32 Å². The van der Waals surface area contributed by atoms with Crippen LogP contribution >= 0.6 is 22.6 Å². The molecule has 0 radical (unpaired) electrons. The van der Waals surface area contributed by atoms with Crippen molar-refractivity contribution in [2.24, 2.45) is 5.73 Å². The SMILES string of the molecule is CC(C(=O)Nc1cccc(C(N)=O)c1)n1cc(I)cn1. The summed E-state index contributed by atoms with van der Waals surface area (Å²) in [5.41, 5.74) is 6.08. The molecule has 1 atom stereocenters. The predicted molar refractivity (Wildman–Crippen MR) is 83.2 cm³/mol. The topological polar surface area (TPSA) is 90.0 Å². The Hall–Kier alpha value is -1.90. The molecule has 20 heavy (non-hydrogen) atoms. The smallest absolute Gasteiger partial charge is 0.248 e. The summed E-state index contributed by atoms with van der Waals surface area (Å²) in [6.45, 7) is 1.75. The van der Waals surface area contributed by atoms with Gasteiger partial charge in [-0.2, -0.15) is 5.10 Å². The van der Waals surface area contributed by atoms with Gasteiger partial charge in [0.15, 0.2) is 0 Å². The predicted octanol–water partition coefficient (Wildman–Crippen LogP) is 1.79. The summed E-state index contributed by atoms with van der Waals surface area (Å²) in [6, 6.07) is 6.05. The number of amides is 2.